The summed E-state index contributed by atoms with van der Waals surface area (Å²) in [6.07, 6.45) is -3.93. The van der Waals surface area contributed by atoms with Crippen molar-refractivity contribution in [3.8, 4) is 0 Å². The van der Waals surface area contributed by atoms with Crippen LogP contribution in [0.5, 0.6) is 0 Å². The predicted molar refractivity (Wildman–Crippen MR) is 93.0 cm³/mol. The first-order chi connectivity index (χ1) is 11.7. The average molecular weight is 386 g/mol. The van der Waals surface area contributed by atoms with E-state index in [9.17, 15) is 18.0 Å². The van der Waals surface area contributed by atoms with Crippen molar-refractivity contribution in [3.05, 3.63) is 68.4 Å². The third-order valence-electron chi connectivity index (χ3n) is 4.18. The first kappa shape index (κ1) is 18.0. The molecule has 3 rings (SSSR count). The first-order valence-electron chi connectivity index (χ1n) is 7.63. The number of nitrogens with zero attached hydrogens (tertiary/aromatic N) is 1. The van der Waals surface area contributed by atoms with Gasteiger partial charge in [-0.25, -0.2) is 0 Å². The van der Waals surface area contributed by atoms with Crippen LogP contribution in [0.4, 0.5) is 13.2 Å². The number of alkyl halides is 3. The third kappa shape index (κ3) is 4.07. The Hall–Kier alpha value is -1.79. The minimum atomic E-state index is -4.50. The van der Waals surface area contributed by atoms with Crippen molar-refractivity contribution in [2.75, 3.05) is 6.54 Å². The molecular formula is C18H15ClF3NOS. The minimum absolute atomic E-state index is 0.0196. The van der Waals surface area contributed by atoms with Crippen LogP contribution in [0, 0.1) is 6.92 Å². The van der Waals surface area contributed by atoms with Crippen LogP contribution in [-0.2, 0) is 11.3 Å². The summed E-state index contributed by atoms with van der Waals surface area (Å²) in [5.41, 5.74) is 3.02. The lowest BCUT2D eigenvalue weighted by atomic mass is 9.88. The van der Waals surface area contributed by atoms with E-state index in [-0.39, 0.29) is 18.5 Å². The summed E-state index contributed by atoms with van der Waals surface area (Å²) >= 11 is 7.61. The zero-order valence-electron chi connectivity index (χ0n) is 13.3. The predicted octanol–water partition coefficient (Wildman–Crippen LogP) is 5.30. The van der Waals surface area contributed by atoms with E-state index in [0.717, 1.165) is 21.6 Å². The molecule has 1 aromatic heterocycles. The fourth-order valence-corrected chi connectivity index (χ4v) is 4.45. The van der Waals surface area contributed by atoms with E-state index in [4.69, 9.17) is 11.6 Å². The Kier molecular flexibility index (Phi) is 4.93. The number of hydrogen-bond acceptors (Lipinski definition) is 2. The summed E-state index contributed by atoms with van der Waals surface area (Å²) in [5.74, 6) is -0.741. The van der Waals surface area contributed by atoms with Crippen LogP contribution in [-0.4, -0.2) is 23.5 Å². The summed E-state index contributed by atoms with van der Waals surface area (Å²) in [5, 5.41) is 0. The van der Waals surface area contributed by atoms with Crippen molar-refractivity contribution in [1.82, 2.24) is 4.90 Å². The molecule has 1 aliphatic rings. The van der Waals surface area contributed by atoms with Gasteiger partial charge in [0.25, 0.3) is 0 Å². The van der Waals surface area contributed by atoms with Crippen molar-refractivity contribution in [1.29, 1.82) is 0 Å². The Morgan fingerprint density at radius 1 is 1.36 bits per heavy atom. The number of hydrogen-bond donors (Lipinski definition) is 0. The van der Waals surface area contributed by atoms with Crippen LogP contribution < -0.4 is 0 Å². The number of rotatable bonds is 2. The molecule has 1 aromatic carbocycles. The van der Waals surface area contributed by atoms with Crippen molar-refractivity contribution >= 4 is 28.8 Å². The quantitative estimate of drug-likeness (QED) is 0.642. The van der Waals surface area contributed by atoms with Crippen LogP contribution in [0.1, 0.15) is 27.5 Å². The van der Waals surface area contributed by atoms with E-state index >= 15 is 0 Å². The second-order valence-electron chi connectivity index (χ2n) is 5.94. The molecule has 1 amide bonds. The van der Waals surface area contributed by atoms with Gasteiger partial charge >= 0.3 is 6.18 Å². The van der Waals surface area contributed by atoms with Gasteiger partial charge in [-0.3, -0.25) is 4.79 Å². The van der Waals surface area contributed by atoms with Gasteiger partial charge in [0, 0.05) is 36.0 Å². The number of halogens is 4. The molecule has 0 aliphatic carbocycles. The standard InChI is InChI=1S/C18H15ClF3NOS/c1-11-4-2-3-5-13(11)14-10-23(16(24)6-7-18(20,21)22)9-12-8-15(19)25-17(12)14/h2-8,14H,9-10H2,1H3/b7-6+/t14-/m0/s1. The number of thiophene rings is 1. The maximum absolute atomic E-state index is 12.3. The maximum Gasteiger partial charge on any atom is 0.409 e. The molecule has 0 spiro atoms. The molecule has 132 valence electrons. The zero-order valence-corrected chi connectivity index (χ0v) is 14.9. The number of fused-ring (bicyclic) bond motifs is 1. The molecule has 0 saturated heterocycles. The molecule has 1 atom stereocenters. The van der Waals surface area contributed by atoms with Crippen molar-refractivity contribution < 1.29 is 18.0 Å². The molecule has 0 saturated carbocycles. The lowest BCUT2D eigenvalue weighted by molar-refractivity contribution is -0.127. The Morgan fingerprint density at radius 2 is 2.08 bits per heavy atom. The van der Waals surface area contributed by atoms with Crippen LogP contribution in [0.3, 0.4) is 0 Å². The highest BCUT2D eigenvalue weighted by molar-refractivity contribution is 7.16. The summed E-state index contributed by atoms with van der Waals surface area (Å²) < 4.78 is 37.7. The van der Waals surface area contributed by atoms with Gasteiger partial charge in [-0.05, 0) is 29.7 Å². The highest BCUT2D eigenvalue weighted by Gasteiger charge is 2.32. The molecule has 0 fully saturated rings. The molecule has 1 aliphatic heterocycles. The van der Waals surface area contributed by atoms with Gasteiger partial charge in [0.15, 0.2) is 0 Å². The molecule has 0 bridgehead atoms. The molecule has 0 N–H and O–H groups in total. The molecular weight excluding hydrogens is 371 g/mol. The number of allylic oxidation sites excluding steroid dienone is 1. The van der Waals surface area contributed by atoms with Gasteiger partial charge in [-0.15, -0.1) is 11.3 Å². The number of carbonyl (C=O) groups excluding carboxylic acids is 1. The number of aryl methyl sites for hydroxylation is 1. The van der Waals surface area contributed by atoms with Gasteiger partial charge in [0.1, 0.15) is 0 Å². The average Bonchev–Trinajstić information content (AvgIpc) is 2.91. The van der Waals surface area contributed by atoms with E-state index in [0.29, 0.717) is 17.0 Å². The lowest BCUT2D eigenvalue weighted by Crippen LogP contribution is -2.37. The molecule has 0 unspecified atom stereocenters. The summed E-state index contributed by atoms with van der Waals surface area (Å²) in [6, 6.07) is 9.60. The van der Waals surface area contributed by atoms with Crippen LogP contribution >= 0.6 is 22.9 Å². The van der Waals surface area contributed by atoms with Gasteiger partial charge in [-0.1, -0.05) is 35.9 Å². The van der Waals surface area contributed by atoms with Crippen molar-refractivity contribution in [3.63, 3.8) is 0 Å². The number of carbonyl (C=O) groups is 1. The Labute approximate surface area is 152 Å². The van der Waals surface area contributed by atoms with Gasteiger partial charge in [-0.2, -0.15) is 13.2 Å². The fourth-order valence-electron chi connectivity index (χ4n) is 3.06. The summed E-state index contributed by atoms with van der Waals surface area (Å²) in [4.78, 5) is 14.7. The smallest absolute Gasteiger partial charge is 0.334 e. The van der Waals surface area contributed by atoms with E-state index in [1.54, 1.807) is 6.07 Å². The van der Waals surface area contributed by atoms with Crippen LogP contribution in [0.25, 0.3) is 0 Å². The SMILES string of the molecule is Cc1ccccc1[C@@H]1CN(C(=O)/C=C/C(F)(F)F)Cc2cc(Cl)sc21. The van der Waals surface area contributed by atoms with Crippen molar-refractivity contribution in [2.24, 2.45) is 0 Å². The van der Waals surface area contributed by atoms with Crippen LogP contribution in [0.2, 0.25) is 4.34 Å². The van der Waals surface area contributed by atoms with Crippen LogP contribution in [0.15, 0.2) is 42.5 Å². The lowest BCUT2D eigenvalue weighted by Gasteiger charge is -2.33. The minimum Gasteiger partial charge on any atom is -0.334 e. The Bertz CT molecular complexity index is 828. The normalized spacial score (nSPS) is 17.8. The molecule has 25 heavy (non-hydrogen) atoms. The van der Waals surface area contributed by atoms with E-state index in [2.05, 4.69) is 0 Å². The molecule has 2 heterocycles. The molecule has 7 heteroatoms. The zero-order chi connectivity index (χ0) is 18.2. The fraction of sp³-hybridized carbons (Fsp3) is 0.278. The molecule has 2 aromatic rings. The van der Waals surface area contributed by atoms with E-state index in [1.165, 1.54) is 16.2 Å². The highest BCUT2D eigenvalue weighted by atomic mass is 35.5. The monoisotopic (exact) mass is 385 g/mol. The first-order valence-corrected chi connectivity index (χ1v) is 8.82. The van der Waals surface area contributed by atoms with Gasteiger partial charge < -0.3 is 4.90 Å². The maximum atomic E-state index is 12.3. The Balaban J connectivity index is 1.95. The number of benzene rings is 1. The topological polar surface area (TPSA) is 20.3 Å². The van der Waals surface area contributed by atoms with E-state index in [1.807, 2.05) is 31.2 Å². The molecule has 2 nitrogen and oxygen atoms in total. The second kappa shape index (κ2) is 6.84. The Morgan fingerprint density at radius 3 is 2.76 bits per heavy atom. The van der Waals surface area contributed by atoms with E-state index < -0.39 is 12.1 Å². The second-order valence-corrected chi connectivity index (χ2v) is 7.66. The van der Waals surface area contributed by atoms with Gasteiger partial charge in [0.2, 0.25) is 5.91 Å². The summed E-state index contributed by atoms with van der Waals surface area (Å²) in [7, 11) is 0. The highest BCUT2D eigenvalue weighted by Crippen LogP contribution is 2.41. The van der Waals surface area contributed by atoms with Crippen molar-refractivity contribution in [2.45, 2.75) is 25.6 Å². The summed E-state index contributed by atoms with van der Waals surface area (Å²) in [6.45, 7) is 2.58. The largest absolute Gasteiger partial charge is 0.409 e. The third-order valence-corrected chi connectivity index (χ3v) is 5.60. The number of amides is 1. The van der Waals surface area contributed by atoms with Gasteiger partial charge in [0.05, 0.1) is 4.34 Å². The molecule has 0 radical (unpaired) electrons.